The Hall–Kier alpha value is -3.02. The molecule has 6 heteroatoms. The molecule has 170 valence electrons. The standard InChI is InChI=1S/C26H33N3O3/c1-19-17-29(26(30)28-23-10-11-25(31-2)27-16-23)13-12-22(19)14-21-8-5-9-24(15-21)32-18-20-6-3-4-7-20/h5,8-11,14-16,19-20H,3-4,6-7,12-13,17-18H2,1-2H3,(H,28,30)/b22-14+. The van der Waals surface area contributed by atoms with Gasteiger partial charge in [-0.15, -0.1) is 0 Å². The summed E-state index contributed by atoms with van der Waals surface area (Å²) in [6, 6.07) is 11.8. The maximum absolute atomic E-state index is 12.7. The van der Waals surface area contributed by atoms with Crippen LogP contribution in [0.25, 0.3) is 6.08 Å². The van der Waals surface area contributed by atoms with Gasteiger partial charge >= 0.3 is 6.03 Å². The van der Waals surface area contributed by atoms with Gasteiger partial charge in [0.15, 0.2) is 0 Å². The first-order chi connectivity index (χ1) is 15.6. The van der Waals surface area contributed by atoms with Gasteiger partial charge in [-0.05, 0) is 54.9 Å². The van der Waals surface area contributed by atoms with E-state index in [0.29, 0.717) is 36.5 Å². The molecule has 1 aliphatic heterocycles. The van der Waals surface area contributed by atoms with Crippen molar-refractivity contribution >= 4 is 17.8 Å². The molecule has 0 bridgehead atoms. The van der Waals surface area contributed by atoms with Crippen molar-refractivity contribution in [3.05, 3.63) is 53.7 Å². The first-order valence-electron chi connectivity index (χ1n) is 11.6. The normalized spacial score (nSPS) is 20.4. The van der Waals surface area contributed by atoms with Crippen LogP contribution in [-0.2, 0) is 0 Å². The number of ether oxygens (including phenoxy) is 2. The molecule has 2 aromatic rings. The lowest BCUT2D eigenvalue weighted by atomic mass is 9.91. The molecule has 2 fully saturated rings. The third kappa shape index (κ3) is 5.81. The number of urea groups is 1. The largest absolute Gasteiger partial charge is 0.493 e. The Kier molecular flexibility index (Phi) is 7.30. The molecular weight excluding hydrogens is 402 g/mol. The molecule has 2 aliphatic rings. The van der Waals surface area contributed by atoms with Crippen molar-refractivity contribution in [1.29, 1.82) is 0 Å². The number of carbonyl (C=O) groups is 1. The highest BCUT2D eigenvalue weighted by atomic mass is 16.5. The Balaban J connectivity index is 1.32. The second-order valence-electron chi connectivity index (χ2n) is 8.87. The van der Waals surface area contributed by atoms with Crippen molar-refractivity contribution in [2.45, 2.75) is 39.0 Å². The SMILES string of the molecule is COc1ccc(NC(=O)N2CC/C(=C\c3cccc(OCC4CCCC4)c3)C(C)C2)cn1. The minimum Gasteiger partial charge on any atom is -0.493 e. The maximum Gasteiger partial charge on any atom is 0.321 e. The van der Waals surface area contributed by atoms with E-state index >= 15 is 0 Å². The van der Waals surface area contributed by atoms with E-state index in [1.54, 1.807) is 25.4 Å². The van der Waals surface area contributed by atoms with E-state index in [1.165, 1.54) is 31.3 Å². The number of amides is 2. The molecule has 4 rings (SSSR count). The van der Waals surface area contributed by atoms with E-state index in [0.717, 1.165) is 24.3 Å². The van der Waals surface area contributed by atoms with Crippen LogP contribution >= 0.6 is 0 Å². The number of carbonyl (C=O) groups excluding carboxylic acids is 1. The van der Waals surface area contributed by atoms with Gasteiger partial charge in [0.25, 0.3) is 0 Å². The number of nitrogens with zero attached hydrogens (tertiary/aromatic N) is 2. The Morgan fingerprint density at radius 1 is 1.25 bits per heavy atom. The zero-order chi connectivity index (χ0) is 22.3. The van der Waals surface area contributed by atoms with Gasteiger partial charge in [-0.2, -0.15) is 0 Å². The molecular formula is C26H33N3O3. The summed E-state index contributed by atoms with van der Waals surface area (Å²) in [7, 11) is 1.57. The number of piperidine rings is 1. The number of anilines is 1. The Morgan fingerprint density at radius 2 is 2.09 bits per heavy atom. The van der Waals surface area contributed by atoms with Crippen molar-refractivity contribution in [2.75, 3.05) is 32.1 Å². The van der Waals surface area contributed by atoms with Gasteiger partial charge in [-0.1, -0.05) is 43.5 Å². The molecule has 2 amide bonds. The number of aromatic nitrogens is 1. The first kappa shape index (κ1) is 22.2. The molecule has 0 spiro atoms. The van der Waals surface area contributed by atoms with Crippen LogP contribution in [0.5, 0.6) is 11.6 Å². The highest BCUT2D eigenvalue weighted by Crippen LogP contribution is 2.28. The monoisotopic (exact) mass is 435 g/mol. The van der Waals surface area contributed by atoms with Crippen LogP contribution in [0, 0.1) is 11.8 Å². The van der Waals surface area contributed by atoms with E-state index in [4.69, 9.17) is 9.47 Å². The lowest BCUT2D eigenvalue weighted by Crippen LogP contribution is -2.42. The van der Waals surface area contributed by atoms with E-state index in [2.05, 4.69) is 41.5 Å². The second kappa shape index (κ2) is 10.5. The number of benzene rings is 1. The average Bonchev–Trinajstić information content (AvgIpc) is 3.33. The molecule has 1 aromatic heterocycles. The minimum absolute atomic E-state index is 0.0924. The molecule has 1 unspecified atom stereocenters. The summed E-state index contributed by atoms with van der Waals surface area (Å²) in [6.07, 6.45) is 9.99. The van der Waals surface area contributed by atoms with E-state index in [1.807, 2.05) is 11.0 Å². The summed E-state index contributed by atoms with van der Waals surface area (Å²) in [5.74, 6) is 2.48. The smallest absolute Gasteiger partial charge is 0.321 e. The van der Waals surface area contributed by atoms with Gasteiger partial charge < -0.3 is 19.7 Å². The fraction of sp³-hybridized carbons (Fsp3) is 0.462. The summed E-state index contributed by atoms with van der Waals surface area (Å²) in [5.41, 5.74) is 3.20. The third-order valence-corrected chi connectivity index (χ3v) is 6.45. The summed E-state index contributed by atoms with van der Waals surface area (Å²) in [6.45, 7) is 4.40. The molecule has 6 nitrogen and oxygen atoms in total. The molecule has 1 atom stereocenters. The van der Waals surface area contributed by atoms with E-state index < -0.39 is 0 Å². The van der Waals surface area contributed by atoms with Crippen LogP contribution in [0.2, 0.25) is 0 Å². The molecule has 32 heavy (non-hydrogen) atoms. The topological polar surface area (TPSA) is 63.7 Å². The van der Waals surface area contributed by atoms with Crippen LogP contribution in [0.4, 0.5) is 10.5 Å². The van der Waals surface area contributed by atoms with Crippen LogP contribution in [0.15, 0.2) is 48.2 Å². The van der Waals surface area contributed by atoms with E-state index in [9.17, 15) is 4.79 Å². The zero-order valence-corrected chi connectivity index (χ0v) is 19.0. The number of likely N-dealkylation sites (tertiary alicyclic amines) is 1. The maximum atomic E-state index is 12.7. The van der Waals surface area contributed by atoms with Crippen molar-refractivity contribution in [3.63, 3.8) is 0 Å². The van der Waals surface area contributed by atoms with Gasteiger partial charge in [0.1, 0.15) is 5.75 Å². The van der Waals surface area contributed by atoms with Crippen LogP contribution in [-0.4, -0.2) is 42.7 Å². The van der Waals surface area contributed by atoms with Gasteiger partial charge in [0, 0.05) is 19.2 Å². The predicted octanol–water partition coefficient (Wildman–Crippen LogP) is 5.62. The van der Waals surface area contributed by atoms with Crippen molar-refractivity contribution in [2.24, 2.45) is 11.8 Å². The molecule has 1 saturated heterocycles. The molecule has 1 N–H and O–H groups in total. The minimum atomic E-state index is -0.0924. The highest BCUT2D eigenvalue weighted by molar-refractivity contribution is 5.89. The third-order valence-electron chi connectivity index (χ3n) is 6.45. The van der Waals surface area contributed by atoms with Crippen LogP contribution < -0.4 is 14.8 Å². The summed E-state index contributed by atoms with van der Waals surface area (Å²) < 4.78 is 11.1. The second-order valence-corrected chi connectivity index (χ2v) is 8.87. The molecule has 0 radical (unpaired) electrons. The fourth-order valence-corrected chi connectivity index (χ4v) is 4.53. The number of pyridine rings is 1. The van der Waals surface area contributed by atoms with Gasteiger partial charge in [0.2, 0.25) is 5.88 Å². The number of rotatable bonds is 6. The highest BCUT2D eigenvalue weighted by Gasteiger charge is 2.24. The Morgan fingerprint density at radius 3 is 2.81 bits per heavy atom. The first-order valence-corrected chi connectivity index (χ1v) is 11.6. The van der Waals surface area contributed by atoms with Crippen LogP contribution in [0.3, 0.4) is 0 Å². The lowest BCUT2D eigenvalue weighted by Gasteiger charge is -2.33. The number of methoxy groups -OCH3 is 1. The van der Waals surface area contributed by atoms with Gasteiger partial charge in [0.05, 0.1) is 25.6 Å². The molecule has 1 saturated carbocycles. The van der Waals surface area contributed by atoms with Crippen LogP contribution in [0.1, 0.15) is 44.6 Å². The van der Waals surface area contributed by atoms with Crippen molar-refractivity contribution in [1.82, 2.24) is 9.88 Å². The van der Waals surface area contributed by atoms with E-state index in [-0.39, 0.29) is 6.03 Å². The van der Waals surface area contributed by atoms with Gasteiger partial charge in [-0.25, -0.2) is 9.78 Å². The molecule has 1 aliphatic carbocycles. The predicted molar refractivity (Wildman–Crippen MR) is 127 cm³/mol. The summed E-state index contributed by atoms with van der Waals surface area (Å²) in [5, 5.41) is 2.93. The molecule has 2 heterocycles. The number of hydrogen-bond donors (Lipinski definition) is 1. The number of hydrogen-bond acceptors (Lipinski definition) is 4. The molecule has 1 aromatic carbocycles. The van der Waals surface area contributed by atoms with Crippen molar-refractivity contribution in [3.8, 4) is 11.6 Å². The Labute approximate surface area is 190 Å². The average molecular weight is 436 g/mol. The summed E-state index contributed by atoms with van der Waals surface area (Å²) >= 11 is 0. The Bertz CT molecular complexity index is 936. The van der Waals surface area contributed by atoms with Gasteiger partial charge in [-0.3, -0.25) is 0 Å². The fourth-order valence-electron chi connectivity index (χ4n) is 4.53. The number of nitrogens with one attached hydrogen (secondary N) is 1. The summed E-state index contributed by atoms with van der Waals surface area (Å²) in [4.78, 5) is 18.7. The quantitative estimate of drug-likeness (QED) is 0.640. The zero-order valence-electron chi connectivity index (χ0n) is 19.0. The lowest BCUT2D eigenvalue weighted by molar-refractivity contribution is 0.198. The van der Waals surface area contributed by atoms with Crippen molar-refractivity contribution < 1.29 is 14.3 Å².